The number of aromatic nitrogens is 1. The van der Waals surface area contributed by atoms with Gasteiger partial charge in [-0.05, 0) is 47.7 Å². The molecule has 6 nitrogen and oxygen atoms in total. The quantitative estimate of drug-likeness (QED) is 0.463. The van der Waals surface area contributed by atoms with Crippen LogP contribution < -0.4 is 16.0 Å². The second kappa shape index (κ2) is 10.9. The first kappa shape index (κ1) is 25.4. The van der Waals surface area contributed by atoms with Crippen LogP contribution in [0.2, 0.25) is 0 Å². The maximum Gasteiger partial charge on any atom is 0.418 e. The minimum Gasteiger partial charge on any atom is -0.368 e. The lowest BCUT2D eigenvalue weighted by molar-refractivity contribution is -0.137. The molecule has 9 heteroatoms. The number of Topliss-reactive ketones (excluding diaryl/α,β-unsaturated/α-hetero) is 1. The van der Waals surface area contributed by atoms with Gasteiger partial charge in [0, 0.05) is 56.2 Å². The van der Waals surface area contributed by atoms with Crippen molar-refractivity contribution in [3.8, 4) is 0 Å². The highest BCUT2D eigenvalue weighted by atomic mass is 19.4. The minimum atomic E-state index is -4.58. The zero-order valence-corrected chi connectivity index (χ0v) is 19.6. The SMILES string of the molecule is NC(=O)c1cncc(CCc2cccc(C(=O)Cc3cccc(N4CCNCC4)c3C(F)(F)F)c2)c1. The van der Waals surface area contributed by atoms with E-state index in [1.165, 1.54) is 18.3 Å². The van der Waals surface area contributed by atoms with Crippen LogP contribution in [0.1, 0.15) is 43.0 Å². The second-order valence-electron chi connectivity index (χ2n) is 8.79. The lowest BCUT2D eigenvalue weighted by atomic mass is 9.95. The molecule has 0 radical (unpaired) electrons. The molecule has 3 aromatic rings. The third kappa shape index (κ3) is 6.09. The Morgan fingerprint density at radius 3 is 2.36 bits per heavy atom. The number of benzene rings is 2. The Balaban J connectivity index is 1.52. The molecular weight excluding hydrogens is 469 g/mol. The molecule has 36 heavy (non-hydrogen) atoms. The van der Waals surface area contributed by atoms with Gasteiger partial charge in [-0.15, -0.1) is 0 Å². The van der Waals surface area contributed by atoms with Gasteiger partial charge in [-0.3, -0.25) is 14.6 Å². The van der Waals surface area contributed by atoms with Crippen LogP contribution in [-0.4, -0.2) is 42.9 Å². The molecule has 0 bridgehead atoms. The van der Waals surface area contributed by atoms with Crippen molar-refractivity contribution in [2.45, 2.75) is 25.4 Å². The van der Waals surface area contributed by atoms with Crippen molar-refractivity contribution in [3.05, 3.63) is 94.3 Å². The van der Waals surface area contributed by atoms with Gasteiger partial charge in [-0.25, -0.2) is 0 Å². The van der Waals surface area contributed by atoms with E-state index in [0.717, 1.165) is 11.1 Å². The van der Waals surface area contributed by atoms with E-state index in [1.807, 2.05) is 6.07 Å². The Kier molecular flexibility index (Phi) is 7.69. The first-order valence-corrected chi connectivity index (χ1v) is 11.7. The molecule has 2 aromatic carbocycles. The predicted molar refractivity (Wildman–Crippen MR) is 131 cm³/mol. The second-order valence-corrected chi connectivity index (χ2v) is 8.79. The van der Waals surface area contributed by atoms with Crippen molar-refractivity contribution in [1.82, 2.24) is 10.3 Å². The summed E-state index contributed by atoms with van der Waals surface area (Å²) < 4.78 is 42.4. The first-order valence-electron chi connectivity index (χ1n) is 11.7. The van der Waals surface area contributed by atoms with Crippen LogP contribution in [0, 0.1) is 0 Å². The summed E-state index contributed by atoms with van der Waals surface area (Å²) in [5.74, 6) is -0.937. The molecule has 2 heterocycles. The highest BCUT2D eigenvalue weighted by Gasteiger charge is 2.38. The molecule has 0 spiro atoms. The van der Waals surface area contributed by atoms with Gasteiger partial charge in [0.15, 0.2) is 5.78 Å². The van der Waals surface area contributed by atoms with Crippen molar-refractivity contribution in [2.24, 2.45) is 5.73 Å². The molecule has 188 valence electrons. The molecule has 0 aliphatic carbocycles. The van der Waals surface area contributed by atoms with Gasteiger partial charge in [0.25, 0.3) is 0 Å². The highest BCUT2D eigenvalue weighted by molar-refractivity contribution is 5.98. The van der Waals surface area contributed by atoms with Crippen molar-refractivity contribution in [3.63, 3.8) is 0 Å². The molecule has 0 saturated carbocycles. The number of hydrogen-bond acceptors (Lipinski definition) is 5. The summed E-state index contributed by atoms with van der Waals surface area (Å²) >= 11 is 0. The first-order chi connectivity index (χ1) is 17.2. The summed E-state index contributed by atoms with van der Waals surface area (Å²) in [6, 6.07) is 13.0. The third-order valence-electron chi connectivity index (χ3n) is 6.25. The number of anilines is 1. The number of ketones is 1. The van der Waals surface area contributed by atoms with Gasteiger partial charge >= 0.3 is 6.18 Å². The third-order valence-corrected chi connectivity index (χ3v) is 6.25. The van der Waals surface area contributed by atoms with Gasteiger partial charge in [0.05, 0.1) is 11.1 Å². The molecule has 4 rings (SSSR count). The number of rotatable bonds is 8. The number of nitrogens with zero attached hydrogens (tertiary/aromatic N) is 2. The van der Waals surface area contributed by atoms with Crippen molar-refractivity contribution >= 4 is 17.4 Å². The number of nitrogens with one attached hydrogen (secondary N) is 1. The van der Waals surface area contributed by atoms with E-state index in [1.54, 1.807) is 41.4 Å². The molecule has 1 saturated heterocycles. The molecule has 1 aliphatic heterocycles. The number of carbonyl (C=O) groups excluding carboxylic acids is 2. The molecule has 1 aromatic heterocycles. The number of hydrogen-bond donors (Lipinski definition) is 2. The number of aryl methyl sites for hydroxylation is 2. The van der Waals surface area contributed by atoms with Crippen molar-refractivity contribution in [2.75, 3.05) is 31.1 Å². The number of nitrogens with two attached hydrogens (primary N) is 1. The van der Waals surface area contributed by atoms with Gasteiger partial charge in [0.1, 0.15) is 0 Å². The number of alkyl halides is 3. The summed E-state index contributed by atoms with van der Waals surface area (Å²) in [6.07, 6.45) is -0.744. The Morgan fingerprint density at radius 1 is 0.944 bits per heavy atom. The van der Waals surface area contributed by atoms with E-state index in [-0.39, 0.29) is 23.5 Å². The summed E-state index contributed by atoms with van der Waals surface area (Å²) in [4.78, 5) is 30.2. The summed E-state index contributed by atoms with van der Waals surface area (Å²) in [5, 5.41) is 3.14. The maximum atomic E-state index is 14.1. The fraction of sp³-hybridized carbons (Fsp3) is 0.296. The number of amides is 1. The van der Waals surface area contributed by atoms with E-state index >= 15 is 0 Å². The van der Waals surface area contributed by atoms with Crippen LogP contribution in [0.15, 0.2) is 60.9 Å². The molecule has 1 amide bonds. The largest absolute Gasteiger partial charge is 0.418 e. The normalized spacial score (nSPS) is 14.0. The molecular formula is C27H27F3N4O2. The van der Waals surface area contributed by atoms with E-state index in [2.05, 4.69) is 10.3 Å². The lowest BCUT2D eigenvalue weighted by Gasteiger charge is -2.32. The van der Waals surface area contributed by atoms with Crippen molar-refractivity contribution in [1.29, 1.82) is 0 Å². The van der Waals surface area contributed by atoms with E-state index in [9.17, 15) is 22.8 Å². The fourth-order valence-corrected chi connectivity index (χ4v) is 4.45. The molecule has 3 N–H and O–H groups in total. The number of piperazine rings is 1. The Hall–Kier alpha value is -3.72. The van der Waals surface area contributed by atoms with Gasteiger partial charge < -0.3 is 16.0 Å². The van der Waals surface area contributed by atoms with Gasteiger partial charge in [-0.1, -0.05) is 30.3 Å². The van der Waals surface area contributed by atoms with Crippen LogP contribution in [-0.2, 0) is 25.4 Å². The van der Waals surface area contributed by atoms with E-state index < -0.39 is 17.6 Å². The number of pyridine rings is 1. The molecule has 1 fully saturated rings. The monoisotopic (exact) mass is 496 g/mol. The summed E-state index contributed by atoms with van der Waals surface area (Å²) in [7, 11) is 0. The maximum absolute atomic E-state index is 14.1. The number of primary amides is 1. The van der Waals surface area contributed by atoms with Crippen molar-refractivity contribution < 1.29 is 22.8 Å². The minimum absolute atomic E-state index is 0.0247. The molecule has 1 aliphatic rings. The topological polar surface area (TPSA) is 88.3 Å². The van der Waals surface area contributed by atoms with E-state index in [4.69, 9.17) is 5.73 Å². The van der Waals surface area contributed by atoms with Crippen LogP contribution in [0.25, 0.3) is 0 Å². The number of halogens is 3. The average Bonchev–Trinajstić information content (AvgIpc) is 2.87. The zero-order chi connectivity index (χ0) is 25.7. The van der Waals surface area contributed by atoms with Crippen LogP contribution in [0.4, 0.5) is 18.9 Å². The van der Waals surface area contributed by atoms with Gasteiger partial charge in [0.2, 0.25) is 5.91 Å². The highest BCUT2D eigenvalue weighted by Crippen LogP contribution is 2.39. The summed E-state index contributed by atoms with van der Waals surface area (Å²) in [6.45, 7) is 2.16. The Labute approximate surface area is 207 Å². The van der Waals surface area contributed by atoms with Crippen LogP contribution in [0.5, 0.6) is 0 Å². The standard InChI is InChI=1S/C27H27F3N4O2/c28-27(29,30)25-21(5-2-6-23(25)34-11-9-32-10-12-34)15-24(35)20-4-1-3-18(13-20)7-8-19-14-22(26(31)36)17-33-16-19/h1-6,13-14,16-17,32H,7-12,15H2,(H2,31,36). The molecule has 0 atom stereocenters. The average molecular weight is 497 g/mol. The predicted octanol–water partition coefficient (Wildman–Crippen LogP) is 3.82. The Bertz CT molecular complexity index is 1250. The van der Waals surface area contributed by atoms with Crippen LogP contribution in [0.3, 0.4) is 0 Å². The Morgan fingerprint density at radius 2 is 1.64 bits per heavy atom. The van der Waals surface area contributed by atoms with Crippen LogP contribution >= 0.6 is 0 Å². The number of carbonyl (C=O) groups is 2. The van der Waals surface area contributed by atoms with E-state index in [0.29, 0.717) is 50.1 Å². The zero-order valence-electron chi connectivity index (χ0n) is 19.6. The smallest absolute Gasteiger partial charge is 0.368 e. The lowest BCUT2D eigenvalue weighted by Crippen LogP contribution is -2.44. The molecule has 0 unspecified atom stereocenters. The summed E-state index contributed by atoms with van der Waals surface area (Å²) in [5.41, 5.74) is 7.02. The van der Waals surface area contributed by atoms with Gasteiger partial charge in [-0.2, -0.15) is 13.2 Å². The fourth-order valence-electron chi connectivity index (χ4n) is 4.45.